The Labute approximate surface area is 98.0 Å². The van der Waals surface area contributed by atoms with Crippen LogP contribution in [0.15, 0.2) is 0 Å². The van der Waals surface area contributed by atoms with Gasteiger partial charge in [0.2, 0.25) is 5.91 Å². The summed E-state index contributed by atoms with van der Waals surface area (Å²) in [5.41, 5.74) is 0. The quantitative estimate of drug-likeness (QED) is 0.741. The number of hydrogen-bond acceptors (Lipinski definition) is 3. The summed E-state index contributed by atoms with van der Waals surface area (Å²) in [6.45, 7) is 5.09. The van der Waals surface area contributed by atoms with Crippen LogP contribution in [0, 0.1) is 5.92 Å². The summed E-state index contributed by atoms with van der Waals surface area (Å²) in [6.07, 6.45) is 2.95. The third kappa shape index (κ3) is 3.46. The number of rotatable bonds is 4. The summed E-state index contributed by atoms with van der Waals surface area (Å²) >= 11 is 0. The predicted octanol–water partition coefficient (Wildman–Crippen LogP) is 0.604. The second-order valence-corrected chi connectivity index (χ2v) is 4.92. The fourth-order valence-electron chi connectivity index (χ4n) is 2.09. The summed E-state index contributed by atoms with van der Waals surface area (Å²) in [6, 6.07) is 0.209. The first-order valence-electron chi connectivity index (χ1n) is 6.16. The van der Waals surface area contributed by atoms with Crippen molar-refractivity contribution in [1.29, 1.82) is 0 Å². The molecule has 1 saturated heterocycles. The van der Waals surface area contributed by atoms with Crippen LogP contribution in [0.1, 0.15) is 33.1 Å². The molecule has 3 unspecified atom stereocenters. The normalized spacial score (nSPS) is 27.5. The number of piperidine rings is 1. The number of nitrogens with one attached hydrogen (secondary N) is 1. The lowest BCUT2D eigenvalue weighted by Gasteiger charge is -2.32. The number of hydrogen-bond donors (Lipinski definition) is 2. The van der Waals surface area contributed by atoms with Gasteiger partial charge < -0.3 is 15.3 Å². The largest absolute Gasteiger partial charge is 0.394 e. The number of carbonyl (C=O) groups excluding carboxylic acids is 1. The molecule has 94 valence electrons. The van der Waals surface area contributed by atoms with Gasteiger partial charge in [-0.3, -0.25) is 4.79 Å². The Morgan fingerprint density at radius 3 is 2.88 bits per heavy atom. The van der Waals surface area contributed by atoms with Crippen molar-refractivity contribution in [3.05, 3.63) is 0 Å². The van der Waals surface area contributed by atoms with Gasteiger partial charge in [0.1, 0.15) is 0 Å². The van der Waals surface area contributed by atoms with Crippen LogP contribution in [0.2, 0.25) is 0 Å². The van der Waals surface area contributed by atoms with Crippen molar-refractivity contribution in [2.45, 2.75) is 45.2 Å². The summed E-state index contributed by atoms with van der Waals surface area (Å²) < 4.78 is 0. The van der Waals surface area contributed by atoms with Gasteiger partial charge >= 0.3 is 0 Å². The van der Waals surface area contributed by atoms with Gasteiger partial charge in [0.25, 0.3) is 0 Å². The summed E-state index contributed by atoms with van der Waals surface area (Å²) in [5, 5.41) is 12.4. The highest BCUT2D eigenvalue weighted by atomic mass is 16.3. The maximum Gasteiger partial charge on any atom is 0.224 e. The molecule has 0 saturated carbocycles. The molecule has 1 amide bonds. The number of aliphatic hydroxyl groups excluding tert-OH is 1. The standard InChI is InChI=1S/C12H24N2O2/c1-9-5-4-6-13-11(9)7-12(16)14(3)10(2)8-15/h9-11,13,15H,4-8H2,1-3H3. The molecule has 1 aliphatic heterocycles. The molecule has 1 heterocycles. The smallest absolute Gasteiger partial charge is 0.224 e. The second-order valence-electron chi connectivity index (χ2n) is 4.92. The van der Waals surface area contributed by atoms with Gasteiger partial charge in [-0.1, -0.05) is 6.92 Å². The van der Waals surface area contributed by atoms with E-state index in [1.165, 1.54) is 12.8 Å². The van der Waals surface area contributed by atoms with Crippen LogP contribution in [0.3, 0.4) is 0 Å². The third-order valence-electron chi connectivity index (χ3n) is 3.64. The molecule has 0 bridgehead atoms. The van der Waals surface area contributed by atoms with E-state index in [-0.39, 0.29) is 18.6 Å². The molecule has 1 fully saturated rings. The first-order valence-corrected chi connectivity index (χ1v) is 6.16. The molecule has 0 aliphatic carbocycles. The molecular weight excluding hydrogens is 204 g/mol. The summed E-state index contributed by atoms with van der Waals surface area (Å²) in [4.78, 5) is 13.6. The van der Waals surface area contributed by atoms with E-state index in [9.17, 15) is 4.79 Å². The molecule has 0 radical (unpaired) electrons. The maximum atomic E-state index is 11.9. The van der Waals surface area contributed by atoms with E-state index < -0.39 is 0 Å². The Kier molecular flexibility index (Phi) is 5.22. The van der Waals surface area contributed by atoms with Crippen molar-refractivity contribution in [2.24, 2.45) is 5.92 Å². The highest BCUT2D eigenvalue weighted by Gasteiger charge is 2.25. The van der Waals surface area contributed by atoms with E-state index in [0.29, 0.717) is 18.4 Å². The van der Waals surface area contributed by atoms with Gasteiger partial charge in [0, 0.05) is 19.5 Å². The Morgan fingerprint density at radius 2 is 2.31 bits per heavy atom. The van der Waals surface area contributed by atoms with Gasteiger partial charge in [-0.25, -0.2) is 0 Å². The highest BCUT2D eigenvalue weighted by molar-refractivity contribution is 5.76. The van der Waals surface area contributed by atoms with E-state index in [1.807, 2.05) is 6.92 Å². The molecule has 4 nitrogen and oxygen atoms in total. The SMILES string of the molecule is CC1CCCNC1CC(=O)N(C)C(C)CO. The Hall–Kier alpha value is -0.610. The van der Waals surface area contributed by atoms with Gasteiger partial charge in [-0.05, 0) is 32.2 Å². The average Bonchev–Trinajstić information content (AvgIpc) is 2.30. The maximum absolute atomic E-state index is 11.9. The zero-order chi connectivity index (χ0) is 12.1. The topological polar surface area (TPSA) is 52.6 Å². The Bertz CT molecular complexity index is 233. The van der Waals surface area contributed by atoms with Gasteiger partial charge in [-0.15, -0.1) is 0 Å². The van der Waals surface area contributed by atoms with E-state index in [4.69, 9.17) is 5.11 Å². The Morgan fingerprint density at radius 1 is 1.62 bits per heavy atom. The molecule has 16 heavy (non-hydrogen) atoms. The minimum Gasteiger partial charge on any atom is -0.394 e. The number of aliphatic hydroxyl groups is 1. The molecule has 0 aromatic rings. The molecular formula is C12H24N2O2. The van der Waals surface area contributed by atoms with Crippen LogP contribution in [-0.4, -0.2) is 48.2 Å². The zero-order valence-electron chi connectivity index (χ0n) is 10.6. The van der Waals surface area contributed by atoms with Crippen molar-refractivity contribution in [2.75, 3.05) is 20.2 Å². The summed E-state index contributed by atoms with van der Waals surface area (Å²) in [7, 11) is 1.76. The van der Waals surface area contributed by atoms with Crippen molar-refractivity contribution in [3.8, 4) is 0 Å². The van der Waals surface area contributed by atoms with Crippen LogP contribution < -0.4 is 5.32 Å². The molecule has 3 atom stereocenters. The van der Waals surface area contributed by atoms with Crippen molar-refractivity contribution < 1.29 is 9.90 Å². The Balaban J connectivity index is 2.43. The monoisotopic (exact) mass is 228 g/mol. The van der Waals surface area contributed by atoms with Crippen LogP contribution in [-0.2, 0) is 4.79 Å². The highest BCUT2D eigenvalue weighted by Crippen LogP contribution is 2.18. The lowest BCUT2D eigenvalue weighted by atomic mass is 9.90. The lowest BCUT2D eigenvalue weighted by molar-refractivity contribution is -0.133. The van der Waals surface area contributed by atoms with E-state index >= 15 is 0 Å². The molecule has 0 aromatic heterocycles. The van der Waals surface area contributed by atoms with Gasteiger partial charge in [0.05, 0.1) is 12.6 Å². The van der Waals surface area contributed by atoms with Crippen LogP contribution in [0.5, 0.6) is 0 Å². The van der Waals surface area contributed by atoms with Crippen molar-refractivity contribution in [3.63, 3.8) is 0 Å². The van der Waals surface area contributed by atoms with Crippen LogP contribution in [0.25, 0.3) is 0 Å². The molecule has 1 rings (SSSR count). The van der Waals surface area contributed by atoms with E-state index in [1.54, 1.807) is 11.9 Å². The minimum atomic E-state index is -0.0913. The first-order chi connectivity index (χ1) is 7.56. The van der Waals surface area contributed by atoms with Crippen LogP contribution in [0.4, 0.5) is 0 Å². The number of amides is 1. The van der Waals surface area contributed by atoms with Crippen molar-refractivity contribution >= 4 is 5.91 Å². The molecule has 1 aliphatic rings. The molecule has 0 spiro atoms. The number of likely N-dealkylation sites (N-methyl/N-ethyl adjacent to an activating group) is 1. The molecule has 0 aromatic carbocycles. The van der Waals surface area contributed by atoms with E-state index in [2.05, 4.69) is 12.2 Å². The zero-order valence-corrected chi connectivity index (χ0v) is 10.6. The molecule has 4 heteroatoms. The van der Waals surface area contributed by atoms with Gasteiger partial charge in [0.15, 0.2) is 0 Å². The fraction of sp³-hybridized carbons (Fsp3) is 0.917. The number of nitrogens with zero attached hydrogens (tertiary/aromatic N) is 1. The fourth-order valence-corrected chi connectivity index (χ4v) is 2.09. The van der Waals surface area contributed by atoms with Crippen molar-refractivity contribution in [1.82, 2.24) is 10.2 Å². The summed E-state index contributed by atoms with van der Waals surface area (Å²) in [5.74, 6) is 0.684. The minimum absolute atomic E-state index is 0.0237. The van der Waals surface area contributed by atoms with Gasteiger partial charge in [-0.2, -0.15) is 0 Å². The first kappa shape index (κ1) is 13.5. The third-order valence-corrected chi connectivity index (χ3v) is 3.64. The lowest BCUT2D eigenvalue weighted by Crippen LogP contribution is -2.46. The van der Waals surface area contributed by atoms with Crippen LogP contribution >= 0.6 is 0 Å². The van der Waals surface area contributed by atoms with E-state index in [0.717, 1.165) is 6.54 Å². The second kappa shape index (κ2) is 6.21. The predicted molar refractivity (Wildman–Crippen MR) is 64.1 cm³/mol. The number of carbonyl (C=O) groups is 1. The molecule has 2 N–H and O–H groups in total. The average molecular weight is 228 g/mol.